The Kier molecular flexibility index (Phi) is 7.72. The number of hydrogen-bond acceptors (Lipinski definition) is 5. The van der Waals surface area contributed by atoms with E-state index in [4.69, 9.17) is 4.74 Å². The van der Waals surface area contributed by atoms with Crippen LogP contribution >= 0.6 is 22.7 Å². The number of thiophene rings is 2. The molecular weight excluding hydrogens is 471 g/mol. The van der Waals surface area contributed by atoms with E-state index in [1.165, 1.54) is 51.8 Å². The van der Waals surface area contributed by atoms with Crippen LogP contribution in [0.2, 0.25) is 0 Å². The molecule has 0 unspecified atom stereocenters. The monoisotopic (exact) mass is 494 g/mol. The van der Waals surface area contributed by atoms with Gasteiger partial charge in [-0.2, -0.15) is 0 Å². The Morgan fingerprint density at radius 1 is 0.971 bits per heavy atom. The van der Waals surface area contributed by atoms with Crippen molar-refractivity contribution in [2.24, 2.45) is 0 Å². The molecule has 0 aliphatic carbocycles. The molecule has 0 bridgehead atoms. The summed E-state index contributed by atoms with van der Waals surface area (Å²) in [7, 11) is 1.60. The molecule has 4 aromatic rings. The van der Waals surface area contributed by atoms with Crippen molar-refractivity contribution in [1.29, 1.82) is 0 Å². The fourth-order valence-corrected chi connectivity index (χ4v) is 5.04. The van der Waals surface area contributed by atoms with Crippen LogP contribution in [0.1, 0.15) is 21.4 Å². The molecule has 1 N–H and O–H groups in total. The maximum Gasteiger partial charge on any atom is 0.248 e. The summed E-state index contributed by atoms with van der Waals surface area (Å²) in [6.07, 6.45) is 0.142. The molecule has 34 heavy (non-hydrogen) atoms. The number of methoxy groups -OCH3 is 1. The van der Waals surface area contributed by atoms with Crippen LogP contribution in [0.25, 0.3) is 0 Å². The number of amides is 2. The molecular formula is C26H23FN2O3S2. The molecule has 0 fully saturated rings. The first kappa shape index (κ1) is 23.7. The van der Waals surface area contributed by atoms with Crippen LogP contribution in [0, 0.1) is 5.82 Å². The Labute approximate surface area is 205 Å². The van der Waals surface area contributed by atoms with Crippen LogP contribution < -0.4 is 15.0 Å². The largest absolute Gasteiger partial charge is 0.497 e. The zero-order valence-corrected chi connectivity index (χ0v) is 20.1. The summed E-state index contributed by atoms with van der Waals surface area (Å²) in [5, 5.41) is 6.73. The van der Waals surface area contributed by atoms with Gasteiger partial charge in [0, 0.05) is 22.0 Å². The summed E-state index contributed by atoms with van der Waals surface area (Å²) >= 11 is 2.87. The predicted octanol–water partition coefficient (Wildman–Crippen LogP) is 5.59. The Morgan fingerprint density at radius 2 is 1.68 bits per heavy atom. The lowest BCUT2D eigenvalue weighted by atomic mass is 10.1. The predicted molar refractivity (Wildman–Crippen MR) is 134 cm³/mol. The van der Waals surface area contributed by atoms with Crippen LogP contribution in [0.3, 0.4) is 0 Å². The minimum atomic E-state index is -0.892. The van der Waals surface area contributed by atoms with Gasteiger partial charge in [-0.3, -0.25) is 14.5 Å². The third kappa shape index (κ3) is 5.70. The number of nitrogens with zero attached hydrogens (tertiary/aromatic N) is 1. The second-order valence-corrected chi connectivity index (χ2v) is 9.49. The van der Waals surface area contributed by atoms with Gasteiger partial charge in [-0.05, 0) is 64.9 Å². The second kappa shape index (κ2) is 11.1. The molecule has 8 heteroatoms. The fraction of sp³-hybridized carbons (Fsp3) is 0.154. The molecule has 5 nitrogen and oxygen atoms in total. The molecule has 0 radical (unpaired) electrons. The van der Waals surface area contributed by atoms with Crippen molar-refractivity contribution < 1.29 is 18.7 Å². The summed E-state index contributed by atoms with van der Waals surface area (Å²) < 4.78 is 18.8. The highest BCUT2D eigenvalue weighted by Gasteiger charge is 2.33. The SMILES string of the molecule is COc1ccc(CNC(=O)[C@H](c2cccs2)N(C(=O)Cc2cccs2)c2ccc(F)cc2)cc1. The van der Waals surface area contributed by atoms with E-state index < -0.39 is 11.9 Å². The van der Waals surface area contributed by atoms with Crippen molar-refractivity contribution in [2.75, 3.05) is 12.0 Å². The fourth-order valence-electron chi connectivity index (χ4n) is 3.54. The zero-order valence-electron chi connectivity index (χ0n) is 18.4. The van der Waals surface area contributed by atoms with Crippen molar-refractivity contribution in [3.63, 3.8) is 0 Å². The summed E-state index contributed by atoms with van der Waals surface area (Å²) in [6.45, 7) is 0.293. The number of carbonyl (C=O) groups excluding carboxylic acids is 2. The van der Waals surface area contributed by atoms with E-state index in [1.807, 2.05) is 59.3 Å². The topological polar surface area (TPSA) is 58.6 Å². The Morgan fingerprint density at radius 3 is 2.29 bits per heavy atom. The van der Waals surface area contributed by atoms with Crippen LogP contribution in [-0.4, -0.2) is 18.9 Å². The van der Waals surface area contributed by atoms with Gasteiger partial charge in [-0.1, -0.05) is 24.3 Å². The molecule has 2 amide bonds. The molecule has 174 valence electrons. The average molecular weight is 495 g/mol. The third-order valence-corrected chi connectivity index (χ3v) is 7.03. The number of ether oxygens (including phenoxy) is 1. The number of halogens is 1. The number of anilines is 1. The number of nitrogens with one attached hydrogen (secondary N) is 1. The summed E-state index contributed by atoms with van der Waals surface area (Å²) in [6, 6.07) is 19.6. The van der Waals surface area contributed by atoms with E-state index in [0.717, 1.165) is 21.1 Å². The molecule has 0 aliphatic rings. The number of hydrogen-bond donors (Lipinski definition) is 1. The van der Waals surface area contributed by atoms with Gasteiger partial charge >= 0.3 is 0 Å². The molecule has 2 aromatic heterocycles. The van der Waals surface area contributed by atoms with Crippen molar-refractivity contribution in [2.45, 2.75) is 19.0 Å². The van der Waals surface area contributed by atoms with Crippen LogP contribution in [-0.2, 0) is 22.6 Å². The quantitative estimate of drug-likeness (QED) is 0.330. The van der Waals surface area contributed by atoms with Gasteiger partial charge in [0.15, 0.2) is 0 Å². The maximum atomic E-state index is 13.7. The van der Waals surface area contributed by atoms with Crippen LogP contribution in [0.15, 0.2) is 83.6 Å². The molecule has 0 saturated heterocycles. The van der Waals surface area contributed by atoms with E-state index in [-0.39, 0.29) is 18.2 Å². The first-order valence-corrected chi connectivity index (χ1v) is 12.3. The summed E-state index contributed by atoms with van der Waals surface area (Å²) in [4.78, 5) is 30.1. The van der Waals surface area contributed by atoms with Gasteiger partial charge in [0.1, 0.15) is 17.6 Å². The van der Waals surface area contributed by atoms with Gasteiger partial charge in [0.05, 0.1) is 13.5 Å². The lowest BCUT2D eigenvalue weighted by Crippen LogP contribution is -2.44. The third-order valence-electron chi connectivity index (χ3n) is 5.22. The Bertz CT molecular complexity index is 1210. The van der Waals surface area contributed by atoms with E-state index in [0.29, 0.717) is 12.2 Å². The van der Waals surface area contributed by atoms with Crippen molar-refractivity contribution in [1.82, 2.24) is 5.32 Å². The highest BCUT2D eigenvalue weighted by molar-refractivity contribution is 7.10. The van der Waals surface area contributed by atoms with Crippen molar-refractivity contribution >= 4 is 40.2 Å². The summed E-state index contributed by atoms with van der Waals surface area (Å²) in [5.41, 5.74) is 1.36. The van der Waals surface area contributed by atoms with E-state index >= 15 is 0 Å². The molecule has 0 spiro atoms. The molecule has 0 saturated carbocycles. The van der Waals surface area contributed by atoms with Crippen LogP contribution in [0.5, 0.6) is 5.75 Å². The van der Waals surface area contributed by atoms with Crippen LogP contribution in [0.4, 0.5) is 10.1 Å². The van der Waals surface area contributed by atoms with Crippen molar-refractivity contribution in [3.8, 4) is 5.75 Å². The number of carbonyl (C=O) groups is 2. The van der Waals surface area contributed by atoms with Gasteiger partial charge in [0.2, 0.25) is 11.8 Å². The average Bonchev–Trinajstić information content (AvgIpc) is 3.56. The van der Waals surface area contributed by atoms with Gasteiger partial charge < -0.3 is 10.1 Å². The standard InChI is InChI=1S/C26H23FN2O3S2/c1-32-21-12-6-18(7-13-21)17-28-26(31)25(23-5-3-15-34-23)29(20-10-8-19(27)9-11-20)24(30)16-22-4-2-14-33-22/h2-15,25H,16-17H2,1H3,(H,28,31)/t25-/m0/s1. The second-order valence-electron chi connectivity index (χ2n) is 7.48. The normalized spacial score (nSPS) is 11.6. The molecule has 4 rings (SSSR count). The molecule has 2 heterocycles. The minimum Gasteiger partial charge on any atom is -0.497 e. The first-order chi connectivity index (χ1) is 16.5. The lowest BCUT2D eigenvalue weighted by molar-refractivity contribution is -0.126. The van der Waals surface area contributed by atoms with Gasteiger partial charge in [-0.25, -0.2) is 4.39 Å². The zero-order chi connectivity index (χ0) is 23.9. The highest BCUT2D eigenvalue weighted by Crippen LogP contribution is 2.32. The number of rotatable bonds is 9. The molecule has 0 aliphatic heterocycles. The highest BCUT2D eigenvalue weighted by atomic mass is 32.1. The number of benzene rings is 2. The van der Waals surface area contributed by atoms with Gasteiger partial charge in [-0.15, -0.1) is 22.7 Å². The lowest BCUT2D eigenvalue weighted by Gasteiger charge is -2.30. The molecule has 1 atom stereocenters. The first-order valence-electron chi connectivity index (χ1n) is 10.6. The molecule has 2 aromatic carbocycles. The van der Waals surface area contributed by atoms with E-state index in [1.54, 1.807) is 7.11 Å². The van der Waals surface area contributed by atoms with E-state index in [2.05, 4.69) is 5.32 Å². The van der Waals surface area contributed by atoms with Gasteiger partial charge in [0.25, 0.3) is 0 Å². The van der Waals surface area contributed by atoms with E-state index in [9.17, 15) is 14.0 Å². The minimum absolute atomic E-state index is 0.142. The Hall–Kier alpha value is -3.49. The summed E-state index contributed by atoms with van der Waals surface area (Å²) in [5.74, 6) is -0.242. The Balaban J connectivity index is 1.64. The maximum absolute atomic E-state index is 13.7. The van der Waals surface area contributed by atoms with Crippen molar-refractivity contribution in [3.05, 3.63) is 105 Å². The smallest absolute Gasteiger partial charge is 0.248 e.